The molecule has 0 aliphatic heterocycles. The highest BCUT2D eigenvalue weighted by Crippen LogP contribution is 2.17. The summed E-state index contributed by atoms with van der Waals surface area (Å²) < 4.78 is 24.7. The molecule has 0 atom stereocenters. The molecule has 0 bridgehead atoms. The van der Waals surface area contributed by atoms with Crippen LogP contribution in [-0.2, 0) is 10.0 Å². The number of amides is 2. The molecule has 1 aromatic carbocycles. The Morgan fingerprint density at radius 1 is 1.40 bits per heavy atom. The van der Waals surface area contributed by atoms with Gasteiger partial charge in [0.2, 0.25) is 0 Å². The van der Waals surface area contributed by atoms with E-state index < -0.39 is 16.1 Å². The number of benzene rings is 1. The van der Waals surface area contributed by atoms with Crippen LogP contribution in [0, 0.1) is 6.92 Å². The Kier molecular flexibility index (Phi) is 2.85. The maximum atomic E-state index is 11.5. The third kappa shape index (κ3) is 2.59. The van der Waals surface area contributed by atoms with E-state index in [0.29, 0.717) is 11.3 Å². The highest BCUT2D eigenvalue weighted by Gasteiger charge is 2.17. The maximum Gasteiger partial charge on any atom is 0.326 e. The van der Waals surface area contributed by atoms with E-state index in [1.807, 2.05) is 0 Å². The van der Waals surface area contributed by atoms with E-state index in [1.54, 1.807) is 11.6 Å². The highest BCUT2D eigenvalue weighted by atomic mass is 32.2. The van der Waals surface area contributed by atoms with Gasteiger partial charge >= 0.3 is 6.03 Å². The summed E-state index contributed by atoms with van der Waals surface area (Å²) >= 11 is 0. The average Bonchev–Trinajstić information content (AvgIpc) is 1.99. The summed E-state index contributed by atoms with van der Waals surface area (Å²) in [6.07, 6.45) is 0. The maximum absolute atomic E-state index is 11.5. The van der Waals surface area contributed by atoms with Crippen LogP contribution >= 0.6 is 0 Å². The van der Waals surface area contributed by atoms with Crippen LogP contribution in [0.2, 0.25) is 0 Å². The van der Waals surface area contributed by atoms with Crippen LogP contribution in [0.15, 0.2) is 23.1 Å². The van der Waals surface area contributed by atoms with Crippen molar-refractivity contribution in [3.8, 4) is 0 Å². The van der Waals surface area contributed by atoms with Gasteiger partial charge in [-0.15, -0.1) is 0 Å². The van der Waals surface area contributed by atoms with Crippen molar-refractivity contribution in [1.82, 2.24) is 4.72 Å². The number of primary amides is 1. The fraction of sp³-hybridized carbons (Fsp3) is 0.125. The molecule has 0 saturated carbocycles. The summed E-state index contributed by atoms with van der Waals surface area (Å²) in [5, 5.41) is 0. The number of urea groups is 1. The average molecular weight is 229 g/mol. The second-order valence-corrected chi connectivity index (χ2v) is 4.65. The Morgan fingerprint density at radius 2 is 2.00 bits per heavy atom. The number of hydrogen-bond acceptors (Lipinski definition) is 4. The molecule has 0 aromatic heterocycles. The lowest BCUT2D eigenvalue weighted by Crippen LogP contribution is -2.35. The molecule has 15 heavy (non-hydrogen) atoms. The molecule has 82 valence electrons. The van der Waals surface area contributed by atoms with Crippen molar-refractivity contribution in [2.75, 3.05) is 5.73 Å². The summed E-state index contributed by atoms with van der Waals surface area (Å²) in [7, 11) is -3.89. The van der Waals surface area contributed by atoms with Crippen molar-refractivity contribution in [3.05, 3.63) is 23.8 Å². The molecule has 7 heteroatoms. The minimum absolute atomic E-state index is 0.0181. The van der Waals surface area contributed by atoms with Gasteiger partial charge in [0.1, 0.15) is 0 Å². The van der Waals surface area contributed by atoms with Crippen molar-refractivity contribution >= 4 is 21.7 Å². The molecule has 0 heterocycles. The van der Waals surface area contributed by atoms with Gasteiger partial charge in [-0.05, 0) is 30.7 Å². The number of sulfonamides is 1. The molecule has 2 amide bonds. The minimum Gasteiger partial charge on any atom is -0.399 e. The predicted molar refractivity (Wildman–Crippen MR) is 55.5 cm³/mol. The quantitative estimate of drug-likeness (QED) is 0.616. The topological polar surface area (TPSA) is 115 Å². The van der Waals surface area contributed by atoms with Gasteiger partial charge in [0.25, 0.3) is 10.0 Å². The highest BCUT2D eigenvalue weighted by molar-refractivity contribution is 7.90. The molecule has 5 N–H and O–H groups in total. The summed E-state index contributed by atoms with van der Waals surface area (Å²) in [6.45, 7) is 1.58. The Labute approximate surface area is 87.3 Å². The lowest BCUT2D eigenvalue weighted by molar-refractivity contribution is 0.253. The first-order valence-corrected chi connectivity index (χ1v) is 5.49. The molecule has 0 spiro atoms. The smallest absolute Gasteiger partial charge is 0.326 e. The van der Waals surface area contributed by atoms with Gasteiger partial charge in [0, 0.05) is 5.69 Å². The fourth-order valence-electron chi connectivity index (χ4n) is 1.16. The summed E-state index contributed by atoms with van der Waals surface area (Å²) in [4.78, 5) is 10.5. The zero-order valence-electron chi connectivity index (χ0n) is 8.02. The molecule has 1 rings (SSSR count). The predicted octanol–water partition coefficient (Wildman–Crippen LogP) is -0.0658. The van der Waals surface area contributed by atoms with Gasteiger partial charge < -0.3 is 11.5 Å². The first kappa shape index (κ1) is 11.3. The van der Waals surface area contributed by atoms with Crippen LogP contribution < -0.4 is 16.2 Å². The molecule has 0 unspecified atom stereocenters. The molecule has 0 radical (unpaired) electrons. The van der Waals surface area contributed by atoms with E-state index in [4.69, 9.17) is 11.5 Å². The van der Waals surface area contributed by atoms with Crippen molar-refractivity contribution in [2.24, 2.45) is 5.73 Å². The molecule has 0 aliphatic carbocycles. The first-order chi connectivity index (χ1) is 6.83. The van der Waals surface area contributed by atoms with Crippen molar-refractivity contribution in [1.29, 1.82) is 0 Å². The van der Waals surface area contributed by atoms with E-state index in [-0.39, 0.29) is 4.90 Å². The van der Waals surface area contributed by atoms with Gasteiger partial charge in [-0.25, -0.2) is 17.9 Å². The minimum atomic E-state index is -3.89. The number of hydrogen-bond donors (Lipinski definition) is 3. The van der Waals surface area contributed by atoms with Crippen LogP contribution in [-0.4, -0.2) is 14.4 Å². The second kappa shape index (κ2) is 3.77. The molecule has 6 nitrogen and oxygen atoms in total. The largest absolute Gasteiger partial charge is 0.399 e. The number of nitrogens with one attached hydrogen (secondary N) is 1. The first-order valence-electron chi connectivity index (χ1n) is 4.01. The number of nitrogens with two attached hydrogens (primary N) is 2. The lowest BCUT2D eigenvalue weighted by Gasteiger charge is -2.07. The molecule has 0 fully saturated rings. The second-order valence-electron chi connectivity index (χ2n) is 2.99. The summed E-state index contributed by atoms with van der Waals surface area (Å²) in [5.41, 5.74) is 11.1. The van der Waals surface area contributed by atoms with Gasteiger partial charge in [0.05, 0.1) is 4.90 Å². The van der Waals surface area contributed by atoms with Crippen LogP contribution in [0.25, 0.3) is 0 Å². The fourth-order valence-corrected chi connectivity index (χ4v) is 2.27. The third-order valence-corrected chi connectivity index (χ3v) is 3.23. The van der Waals surface area contributed by atoms with E-state index in [2.05, 4.69) is 0 Å². The lowest BCUT2D eigenvalue weighted by atomic mass is 10.2. The van der Waals surface area contributed by atoms with Crippen molar-refractivity contribution in [2.45, 2.75) is 11.8 Å². The number of anilines is 1. The van der Waals surface area contributed by atoms with Crippen LogP contribution in [0.3, 0.4) is 0 Å². The number of rotatable bonds is 2. The van der Waals surface area contributed by atoms with Crippen LogP contribution in [0.1, 0.15) is 5.56 Å². The van der Waals surface area contributed by atoms with Crippen molar-refractivity contribution in [3.63, 3.8) is 0 Å². The van der Waals surface area contributed by atoms with Gasteiger partial charge in [-0.1, -0.05) is 0 Å². The Hall–Kier alpha value is -1.76. The number of carbonyl (C=O) groups is 1. The zero-order valence-corrected chi connectivity index (χ0v) is 8.84. The Balaban J connectivity index is 3.22. The molecular formula is C8H11N3O3S. The standard InChI is InChI=1S/C8H11N3O3S/c1-5-4-6(9)2-3-7(5)15(13,14)11-8(10)12/h2-4H,9H2,1H3,(H3,10,11,12). The van der Waals surface area contributed by atoms with E-state index in [0.717, 1.165) is 0 Å². The van der Waals surface area contributed by atoms with Gasteiger partial charge in [-0.3, -0.25) is 0 Å². The van der Waals surface area contributed by atoms with E-state index >= 15 is 0 Å². The summed E-state index contributed by atoms with van der Waals surface area (Å²) in [6, 6.07) is 3.12. The molecule has 0 saturated heterocycles. The zero-order chi connectivity index (χ0) is 11.6. The van der Waals surface area contributed by atoms with Crippen LogP contribution in [0.5, 0.6) is 0 Å². The SMILES string of the molecule is Cc1cc(N)ccc1S(=O)(=O)NC(N)=O. The number of aryl methyl sites for hydroxylation is 1. The van der Waals surface area contributed by atoms with Crippen molar-refractivity contribution < 1.29 is 13.2 Å². The Bertz CT molecular complexity index is 496. The van der Waals surface area contributed by atoms with E-state index in [9.17, 15) is 13.2 Å². The molecule has 1 aromatic rings. The van der Waals surface area contributed by atoms with E-state index in [1.165, 1.54) is 18.2 Å². The molecule has 0 aliphatic rings. The monoisotopic (exact) mass is 229 g/mol. The number of nitrogen functional groups attached to an aromatic ring is 1. The van der Waals surface area contributed by atoms with Gasteiger partial charge in [-0.2, -0.15) is 0 Å². The van der Waals surface area contributed by atoms with Crippen LogP contribution in [0.4, 0.5) is 10.5 Å². The van der Waals surface area contributed by atoms with Gasteiger partial charge in [0.15, 0.2) is 0 Å². The summed E-state index contributed by atoms with van der Waals surface area (Å²) in [5.74, 6) is 0. The molecular weight excluding hydrogens is 218 g/mol. The number of carbonyl (C=O) groups excluding carboxylic acids is 1. The Morgan fingerprint density at radius 3 is 2.47 bits per heavy atom. The normalized spacial score (nSPS) is 11.0. The third-order valence-electron chi connectivity index (χ3n) is 1.72.